The van der Waals surface area contributed by atoms with Crippen LogP contribution in [0.25, 0.3) is 66.2 Å². The van der Waals surface area contributed by atoms with E-state index in [1.165, 1.54) is 17.7 Å². The Morgan fingerprint density at radius 3 is 0.724 bits per heavy atom. The van der Waals surface area contributed by atoms with Gasteiger partial charge in [-0.05, 0) is 207 Å². The number of imidazole rings is 6. The minimum Gasteiger partial charge on any atom is -0.328 e. The Labute approximate surface area is 574 Å². The molecule has 0 atom stereocenters. The van der Waals surface area contributed by atoms with Gasteiger partial charge in [-0.1, -0.05) is 54.6 Å². The molecule has 6 heterocycles. The summed E-state index contributed by atoms with van der Waals surface area (Å²) in [4.78, 5) is 92.2. The molecule has 0 aliphatic rings. The average molecular weight is 1330 g/mol. The molecular formula is C79H97FN12O6. The van der Waals surface area contributed by atoms with Crippen LogP contribution in [0.5, 0.6) is 0 Å². The summed E-state index contributed by atoms with van der Waals surface area (Å²) >= 11 is 0. The van der Waals surface area contributed by atoms with Crippen molar-refractivity contribution in [2.45, 2.75) is 206 Å². The fraction of sp³-hybridized carbons (Fsp3) is 0.392. The number of carbonyl (C=O) groups is 6. The molecule has 0 aliphatic heterocycles. The highest BCUT2D eigenvalue weighted by Crippen LogP contribution is 2.23. The van der Waals surface area contributed by atoms with Crippen LogP contribution in [-0.2, 0) is 68.0 Å². The molecule has 0 saturated heterocycles. The van der Waals surface area contributed by atoms with E-state index >= 15 is 0 Å². The monoisotopic (exact) mass is 1330 g/mol. The number of benzene rings is 6. The average Bonchev–Trinajstić information content (AvgIpc) is 1.67. The molecule has 0 aliphatic carbocycles. The van der Waals surface area contributed by atoms with Crippen molar-refractivity contribution in [3.63, 3.8) is 0 Å². The van der Waals surface area contributed by atoms with E-state index in [1.807, 2.05) is 119 Å². The smallest absolute Gasteiger partial charge is 0.129 e. The number of nitrogens with zero attached hydrogens (tertiary/aromatic N) is 12. The highest BCUT2D eigenvalue weighted by atomic mass is 19.1. The number of ketones is 6. The van der Waals surface area contributed by atoms with Gasteiger partial charge in [0, 0.05) is 83.9 Å². The van der Waals surface area contributed by atoms with Crippen molar-refractivity contribution in [2.75, 3.05) is 0 Å². The third kappa shape index (κ3) is 22.1. The molecule has 516 valence electrons. The number of para-hydroxylation sites is 8. The number of Topliss-reactive ketones (excluding diaryl/α,β-unsaturated/α-hetero) is 6. The van der Waals surface area contributed by atoms with Crippen LogP contribution in [0.15, 0.2) is 133 Å². The zero-order chi connectivity index (χ0) is 71.0. The van der Waals surface area contributed by atoms with Crippen LogP contribution in [0, 0.1) is 54.3 Å². The van der Waals surface area contributed by atoms with Crippen molar-refractivity contribution in [1.29, 1.82) is 0 Å². The van der Waals surface area contributed by atoms with Crippen LogP contribution in [0.3, 0.4) is 0 Å². The Morgan fingerprint density at radius 2 is 0.480 bits per heavy atom. The number of carbonyl (C=O) groups excluding carboxylic acids is 6. The Kier molecular flexibility index (Phi) is 28.5. The largest absolute Gasteiger partial charge is 0.328 e. The maximum Gasteiger partial charge on any atom is 0.129 e. The molecule has 12 aromatic rings. The molecule has 18 nitrogen and oxygen atoms in total. The Morgan fingerprint density at radius 1 is 0.276 bits per heavy atom. The molecule has 0 bridgehead atoms. The van der Waals surface area contributed by atoms with Crippen molar-refractivity contribution < 1.29 is 33.2 Å². The molecule has 12 rings (SSSR count). The molecule has 98 heavy (non-hydrogen) atoms. The number of aryl methyl sites for hydroxylation is 13. The first-order valence-electron chi connectivity index (χ1n) is 34.1. The van der Waals surface area contributed by atoms with Gasteiger partial charge in [0.2, 0.25) is 0 Å². The van der Waals surface area contributed by atoms with E-state index < -0.39 is 0 Å². The minimum absolute atomic E-state index is 0.193. The number of halogens is 1. The number of rotatable bonds is 24. The van der Waals surface area contributed by atoms with Gasteiger partial charge in [0.05, 0.1) is 66.2 Å². The van der Waals surface area contributed by atoms with Gasteiger partial charge in [0.25, 0.3) is 0 Å². The minimum atomic E-state index is -0.272. The first-order valence-corrected chi connectivity index (χ1v) is 34.1. The summed E-state index contributed by atoms with van der Waals surface area (Å²) in [5, 5.41) is 0. The Hall–Kier alpha value is -9.91. The molecular weight excluding hydrogens is 1230 g/mol. The summed E-state index contributed by atoms with van der Waals surface area (Å²) in [6, 6.07) is 43.3. The number of hydrogen-bond donors (Lipinski definition) is 0. The maximum atomic E-state index is 13.0. The molecule has 0 saturated carbocycles. The van der Waals surface area contributed by atoms with Crippen LogP contribution in [-0.4, -0.2) is 92.0 Å². The van der Waals surface area contributed by atoms with E-state index in [1.54, 1.807) is 47.6 Å². The SMILES string of the molecule is CC(=O)CCCn1c(C)nc2cc(C)ccc21.CC(=O)CCCn1c(C)nc2cc(F)ccc21.CC(=O)CCCn1c(C)nc2ccccc21.CC(=O)CCCn1c(C)nc2ccccc21.CC(=O)CCCn1c(C)nc2ccccc21.CC(=O)CCCn1c(C)nc2ccccc21. The Bertz CT molecular complexity index is 4210. The van der Waals surface area contributed by atoms with Gasteiger partial charge in [-0.15, -0.1) is 0 Å². The third-order valence-corrected chi connectivity index (χ3v) is 16.8. The molecule has 0 N–H and O–H groups in total. The van der Waals surface area contributed by atoms with Crippen LogP contribution < -0.4 is 0 Å². The van der Waals surface area contributed by atoms with Crippen molar-refractivity contribution >= 4 is 101 Å². The summed E-state index contributed by atoms with van der Waals surface area (Å²) in [5.41, 5.74) is 13.8. The van der Waals surface area contributed by atoms with Crippen LogP contribution in [0.1, 0.15) is 159 Å². The summed E-state index contributed by atoms with van der Waals surface area (Å²) in [6.07, 6.45) is 9.01. The second-order valence-corrected chi connectivity index (χ2v) is 25.3. The predicted molar refractivity (Wildman–Crippen MR) is 391 cm³/mol. The summed E-state index contributed by atoms with van der Waals surface area (Å²) in [7, 11) is 0. The Balaban J connectivity index is 0.000000166. The standard InChI is InChI=1S/C14H18N2O.C13H15FN2O.4C13H16N2O/c1-10-6-7-14-13(9-10)15-12(3)16(14)8-4-5-11(2)17;1-9(17)4-3-7-16-10(2)15-12-8-11(14)5-6-13(12)16;4*1-10(16)6-5-9-15-11(2)14-12-7-3-4-8-13(12)15/h6-7,9H,4-5,8H2,1-3H3;5-6,8H,3-4,7H2,1-2H3;4*3-4,7-8H,5-6,9H2,1-2H3. The molecule has 0 spiro atoms. The second kappa shape index (κ2) is 37.0. The van der Waals surface area contributed by atoms with E-state index in [-0.39, 0.29) is 40.5 Å². The number of fused-ring (bicyclic) bond motifs is 6. The van der Waals surface area contributed by atoms with E-state index in [4.69, 9.17) is 0 Å². The number of aromatic nitrogens is 12. The van der Waals surface area contributed by atoms with E-state index in [9.17, 15) is 33.2 Å². The summed E-state index contributed by atoms with van der Waals surface area (Å²) < 4.78 is 26.0. The normalized spacial score (nSPS) is 10.9. The lowest BCUT2D eigenvalue weighted by atomic mass is 10.2. The fourth-order valence-corrected chi connectivity index (χ4v) is 12.0. The number of hydrogen-bond acceptors (Lipinski definition) is 12. The highest BCUT2D eigenvalue weighted by molar-refractivity contribution is 5.81. The quantitative estimate of drug-likeness (QED) is 0.0553. The molecule has 0 fully saturated rings. The molecule has 6 aromatic carbocycles. The lowest BCUT2D eigenvalue weighted by molar-refractivity contribution is -0.118. The van der Waals surface area contributed by atoms with Crippen molar-refractivity contribution in [3.05, 3.63) is 180 Å². The van der Waals surface area contributed by atoms with Gasteiger partial charge in [-0.2, -0.15) is 0 Å². The van der Waals surface area contributed by atoms with Crippen LogP contribution in [0.4, 0.5) is 4.39 Å². The fourth-order valence-electron chi connectivity index (χ4n) is 12.0. The van der Waals surface area contributed by atoms with Gasteiger partial charge in [-0.25, -0.2) is 34.3 Å². The zero-order valence-electron chi connectivity index (χ0n) is 59.6. The van der Waals surface area contributed by atoms with Crippen molar-refractivity contribution in [1.82, 2.24) is 57.3 Å². The van der Waals surface area contributed by atoms with Crippen molar-refractivity contribution in [2.24, 2.45) is 0 Å². The zero-order valence-corrected chi connectivity index (χ0v) is 59.6. The van der Waals surface area contributed by atoms with E-state index in [2.05, 4.69) is 102 Å². The lowest BCUT2D eigenvalue weighted by Gasteiger charge is -2.05. The topological polar surface area (TPSA) is 209 Å². The second-order valence-electron chi connectivity index (χ2n) is 25.3. The summed E-state index contributed by atoms with van der Waals surface area (Å²) in [6.45, 7) is 28.9. The van der Waals surface area contributed by atoms with Crippen molar-refractivity contribution in [3.8, 4) is 0 Å². The molecule has 6 aromatic heterocycles. The highest BCUT2D eigenvalue weighted by Gasteiger charge is 2.13. The molecule has 0 amide bonds. The van der Waals surface area contributed by atoms with E-state index in [0.717, 1.165) is 173 Å². The van der Waals surface area contributed by atoms with Gasteiger partial charge in [-0.3, -0.25) is 0 Å². The van der Waals surface area contributed by atoms with E-state index in [0.29, 0.717) is 44.0 Å². The van der Waals surface area contributed by atoms with Crippen LogP contribution >= 0.6 is 0 Å². The van der Waals surface area contributed by atoms with Gasteiger partial charge < -0.3 is 56.2 Å². The summed E-state index contributed by atoms with van der Waals surface area (Å²) in [5.74, 6) is 7.13. The first kappa shape index (κ1) is 75.5. The van der Waals surface area contributed by atoms with Crippen LogP contribution in [0.2, 0.25) is 0 Å². The first-order chi connectivity index (χ1) is 46.9. The lowest BCUT2D eigenvalue weighted by Crippen LogP contribution is -2.02. The maximum absolute atomic E-state index is 13.0. The predicted octanol–water partition coefficient (Wildman–Crippen LogP) is 16.7. The third-order valence-electron chi connectivity index (χ3n) is 16.8. The van der Waals surface area contributed by atoms with Gasteiger partial charge >= 0.3 is 0 Å². The van der Waals surface area contributed by atoms with Gasteiger partial charge in [0.15, 0.2) is 0 Å². The van der Waals surface area contributed by atoms with Gasteiger partial charge in [0.1, 0.15) is 75.5 Å². The molecule has 19 heteroatoms. The molecule has 0 unspecified atom stereocenters. The molecule has 0 radical (unpaired) electrons.